The Balaban J connectivity index is 3.00. The molecule has 9 heteroatoms. The van der Waals surface area contributed by atoms with Crippen molar-refractivity contribution in [3.05, 3.63) is 27.9 Å². The SMILES string of the molecule is CCNC(=O)C(C)NC(=O)c1cc(NC)ncc1[N+](=O)[O-]. The van der Waals surface area contributed by atoms with Crippen molar-refractivity contribution in [1.82, 2.24) is 15.6 Å². The fourth-order valence-corrected chi connectivity index (χ4v) is 1.58. The van der Waals surface area contributed by atoms with Crippen molar-refractivity contribution >= 4 is 23.3 Å². The highest BCUT2D eigenvalue weighted by Gasteiger charge is 2.24. The van der Waals surface area contributed by atoms with Gasteiger partial charge >= 0.3 is 0 Å². The van der Waals surface area contributed by atoms with Crippen molar-refractivity contribution in [3.8, 4) is 0 Å². The molecule has 1 unspecified atom stereocenters. The lowest BCUT2D eigenvalue weighted by atomic mass is 10.2. The van der Waals surface area contributed by atoms with E-state index in [1.165, 1.54) is 13.0 Å². The molecule has 21 heavy (non-hydrogen) atoms. The number of aromatic nitrogens is 1. The minimum Gasteiger partial charge on any atom is -0.373 e. The summed E-state index contributed by atoms with van der Waals surface area (Å²) < 4.78 is 0. The van der Waals surface area contributed by atoms with Gasteiger partial charge in [0, 0.05) is 19.7 Å². The third kappa shape index (κ3) is 4.13. The number of likely N-dealkylation sites (N-methyl/N-ethyl adjacent to an activating group) is 1. The second kappa shape index (κ2) is 7.17. The molecule has 1 aromatic heterocycles. The summed E-state index contributed by atoms with van der Waals surface area (Å²) in [6.07, 6.45) is 0.998. The predicted molar refractivity (Wildman–Crippen MR) is 76.1 cm³/mol. The highest BCUT2D eigenvalue weighted by molar-refractivity contribution is 6.01. The summed E-state index contributed by atoms with van der Waals surface area (Å²) in [6.45, 7) is 3.67. The van der Waals surface area contributed by atoms with Crippen molar-refractivity contribution in [2.75, 3.05) is 18.9 Å². The molecule has 0 aromatic carbocycles. The van der Waals surface area contributed by atoms with E-state index < -0.39 is 22.6 Å². The Bertz CT molecular complexity index is 561. The highest BCUT2D eigenvalue weighted by atomic mass is 16.6. The lowest BCUT2D eigenvalue weighted by Crippen LogP contribution is -2.44. The van der Waals surface area contributed by atoms with E-state index in [9.17, 15) is 19.7 Å². The average Bonchev–Trinajstić information content (AvgIpc) is 2.46. The summed E-state index contributed by atoms with van der Waals surface area (Å²) in [5.41, 5.74) is -0.579. The number of pyridine rings is 1. The van der Waals surface area contributed by atoms with Gasteiger partial charge in [0.05, 0.1) is 4.92 Å². The molecule has 1 rings (SSSR count). The van der Waals surface area contributed by atoms with Gasteiger partial charge in [0.1, 0.15) is 23.6 Å². The van der Waals surface area contributed by atoms with E-state index in [4.69, 9.17) is 0 Å². The molecule has 114 valence electrons. The van der Waals surface area contributed by atoms with Gasteiger partial charge in [-0.15, -0.1) is 0 Å². The summed E-state index contributed by atoms with van der Waals surface area (Å²) in [7, 11) is 1.58. The van der Waals surface area contributed by atoms with Gasteiger partial charge in [-0.2, -0.15) is 0 Å². The summed E-state index contributed by atoms with van der Waals surface area (Å²) in [6, 6.07) is 0.459. The molecule has 0 aliphatic heterocycles. The summed E-state index contributed by atoms with van der Waals surface area (Å²) in [4.78, 5) is 37.7. The summed E-state index contributed by atoms with van der Waals surface area (Å²) in [5.74, 6) is -0.757. The van der Waals surface area contributed by atoms with Crippen molar-refractivity contribution in [1.29, 1.82) is 0 Å². The first-order chi connectivity index (χ1) is 9.90. The number of nitrogens with zero attached hydrogens (tertiary/aromatic N) is 2. The first-order valence-electron chi connectivity index (χ1n) is 6.31. The summed E-state index contributed by atoms with van der Waals surface area (Å²) in [5, 5.41) is 18.6. The van der Waals surface area contributed by atoms with Crippen LogP contribution in [0.5, 0.6) is 0 Å². The minimum atomic E-state index is -0.803. The smallest absolute Gasteiger partial charge is 0.300 e. The zero-order valence-corrected chi connectivity index (χ0v) is 12.0. The number of amides is 2. The molecule has 1 atom stereocenters. The molecule has 9 nitrogen and oxygen atoms in total. The second-order valence-corrected chi connectivity index (χ2v) is 4.18. The molecule has 3 N–H and O–H groups in total. The van der Waals surface area contributed by atoms with E-state index in [1.807, 2.05) is 0 Å². The van der Waals surface area contributed by atoms with E-state index in [0.29, 0.717) is 12.4 Å². The third-order valence-electron chi connectivity index (χ3n) is 2.67. The van der Waals surface area contributed by atoms with Crippen LogP contribution in [0.15, 0.2) is 12.3 Å². The fourth-order valence-electron chi connectivity index (χ4n) is 1.58. The van der Waals surface area contributed by atoms with Gasteiger partial charge in [-0.3, -0.25) is 19.7 Å². The largest absolute Gasteiger partial charge is 0.373 e. The normalized spacial score (nSPS) is 11.4. The number of anilines is 1. The molecule has 0 aliphatic rings. The standard InChI is InChI=1S/C12H17N5O4/c1-4-14-11(18)7(2)16-12(19)8-5-10(13-3)15-6-9(8)17(20)21/h5-7H,4H2,1-3H3,(H,13,15)(H,14,18)(H,16,19). The molecular formula is C12H17N5O4. The number of rotatable bonds is 6. The van der Waals surface area contributed by atoms with Crippen LogP contribution in [0.25, 0.3) is 0 Å². The first kappa shape index (κ1) is 16.3. The van der Waals surface area contributed by atoms with Gasteiger partial charge < -0.3 is 16.0 Å². The zero-order chi connectivity index (χ0) is 16.0. The molecule has 1 heterocycles. The van der Waals surface area contributed by atoms with Crippen LogP contribution in [0.1, 0.15) is 24.2 Å². The van der Waals surface area contributed by atoms with Crippen LogP contribution in [-0.4, -0.2) is 41.4 Å². The Labute approximate surface area is 121 Å². The molecule has 1 aromatic rings. The van der Waals surface area contributed by atoms with E-state index in [0.717, 1.165) is 6.20 Å². The maximum Gasteiger partial charge on any atom is 0.300 e. The van der Waals surface area contributed by atoms with Crippen molar-refractivity contribution in [2.24, 2.45) is 0 Å². The summed E-state index contributed by atoms with van der Waals surface area (Å²) >= 11 is 0. The Morgan fingerprint density at radius 3 is 2.67 bits per heavy atom. The number of carbonyl (C=O) groups excluding carboxylic acids is 2. The molecule has 0 bridgehead atoms. The van der Waals surface area contributed by atoms with Crippen LogP contribution in [0.3, 0.4) is 0 Å². The van der Waals surface area contributed by atoms with E-state index in [2.05, 4.69) is 20.9 Å². The van der Waals surface area contributed by atoms with Gasteiger partial charge in [0.2, 0.25) is 5.91 Å². The van der Waals surface area contributed by atoms with Crippen molar-refractivity contribution in [3.63, 3.8) is 0 Å². The quantitative estimate of drug-likeness (QED) is 0.511. The van der Waals surface area contributed by atoms with Crippen LogP contribution in [0, 0.1) is 10.1 Å². The fraction of sp³-hybridized carbons (Fsp3) is 0.417. The van der Waals surface area contributed by atoms with E-state index in [-0.39, 0.29) is 11.5 Å². The number of nitrogens with one attached hydrogen (secondary N) is 3. The zero-order valence-electron chi connectivity index (χ0n) is 12.0. The van der Waals surface area contributed by atoms with Crippen molar-refractivity contribution < 1.29 is 14.5 Å². The molecule has 0 saturated carbocycles. The third-order valence-corrected chi connectivity index (χ3v) is 2.67. The number of hydrogen-bond acceptors (Lipinski definition) is 6. The Kier molecular flexibility index (Phi) is 5.58. The van der Waals surface area contributed by atoms with E-state index in [1.54, 1.807) is 14.0 Å². The Morgan fingerprint density at radius 2 is 2.14 bits per heavy atom. The van der Waals surface area contributed by atoms with Crippen LogP contribution in [-0.2, 0) is 4.79 Å². The first-order valence-corrected chi connectivity index (χ1v) is 6.31. The molecule has 2 amide bonds. The van der Waals surface area contributed by atoms with Gasteiger partial charge in [0.25, 0.3) is 11.6 Å². The predicted octanol–water partition coefficient (Wildman–Crippen LogP) is 0.286. The maximum atomic E-state index is 12.1. The molecule has 0 aliphatic carbocycles. The Hall–Kier alpha value is -2.71. The minimum absolute atomic E-state index is 0.157. The van der Waals surface area contributed by atoms with Gasteiger partial charge in [-0.1, -0.05) is 0 Å². The van der Waals surface area contributed by atoms with Gasteiger partial charge in [0.15, 0.2) is 0 Å². The lowest BCUT2D eigenvalue weighted by Gasteiger charge is -2.13. The topological polar surface area (TPSA) is 126 Å². The molecule has 0 fully saturated rings. The van der Waals surface area contributed by atoms with Crippen LogP contribution in [0.4, 0.5) is 11.5 Å². The molecule has 0 saturated heterocycles. The van der Waals surface area contributed by atoms with E-state index >= 15 is 0 Å². The molecular weight excluding hydrogens is 278 g/mol. The number of nitro groups is 1. The maximum absolute atomic E-state index is 12.1. The second-order valence-electron chi connectivity index (χ2n) is 4.18. The molecule has 0 radical (unpaired) electrons. The average molecular weight is 295 g/mol. The van der Waals surface area contributed by atoms with Gasteiger partial charge in [-0.25, -0.2) is 4.98 Å². The van der Waals surface area contributed by atoms with Crippen molar-refractivity contribution in [2.45, 2.75) is 19.9 Å². The van der Waals surface area contributed by atoms with Crippen LogP contribution in [0.2, 0.25) is 0 Å². The lowest BCUT2D eigenvalue weighted by molar-refractivity contribution is -0.385. The van der Waals surface area contributed by atoms with Crippen LogP contribution < -0.4 is 16.0 Å². The highest BCUT2D eigenvalue weighted by Crippen LogP contribution is 2.20. The molecule has 0 spiro atoms. The monoisotopic (exact) mass is 295 g/mol. The van der Waals surface area contributed by atoms with Crippen LogP contribution >= 0.6 is 0 Å². The van der Waals surface area contributed by atoms with Gasteiger partial charge in [-0.05, 0) is 13.8 Å². The number of carbonyl (C=O) groups is 2. The Morgan fingerprint density at radius 1 is 1.48 bits per heavy atom. The number of hydrogen-bond donors (Lipinski definition) is 3.